The summed E-state index contributed by atoms with van der Waals surface area (Å²) in [7, 11) is -1.21. The van der Waals surface area contributed by atoms with Crippen LogP contribution in [0.15, 0.2) is 83.1 Å². The van der Waals surface area contributed by atoms with E-state index in [9.17, 15) is 13.2 Å². The number of rotatable bonds is 7. The molecule has 2 atom stereocenters. The topological polar surface area (TPSA) is 162 Å². The minimum atomic E-state index is -4.47. The maximum atomic E-state index is 16.1. The van der Waals surface area contributed by atoms with Crippen LogP contribution in [-0.2, 0) is 35.3 Å². The zero-order valence-corrected chi connectivity index (χ0v) is 37.1. The second-order valence-corrected chi connectivity index (χ2v) is 19.2. The fourth-order valence-electron chi connectivity index (χ4n) is 9.55. The summed E-state index contributed by atoms with van der Waals surface area (Å²) in [6, 6.07) is 12.8. The molecular formula is C45H45F2N11O5S. The first-order chi connectivity index (χ1) is 30.4. The van der Waals surface area contributed by atoms with Gasteiger partial charge in [-0.2, -0.15) is 18.6 Å². The average Bonchev–Trinajstić information content (AvgIpc) is 4.10. The lowest BCUT2D eigenvalue weighted by Crippen LogP contribution is -2.40. The van der Waals surface area contributed by atoms with Crippen molar-refractivity contribution in [1.82, 2.24) is 52.6 Å². The monoisotopic (exact) mass is 889 g/mol. The van der Waals surface area contributed by atoms with E-state index in [1.54, 1.807) is 74.8 Å². The van der Waals surface area contributed by atoms with Crippen LogP contribution in [0.1, 0.15) is 84.0 Å². The van der Waals surface area contributed by atoms with Gasteiger partial charge in [-0.15, -0.1) is 5.10 Å². The molecule has 1 saturated heterocycles. The molecule has 7 heterocycles. The zero-order chi connectivity index (χ0) is 45.1. The number of fused-ring (bicyclic) bond motifs is 3. The van der Waals surface area contributed by atoms with Crippen LogP contribution < -0.4 is 5.69 Å². The fourth-order valence-corrected chi connectivity index (χ4v) is 11.0. The molecule has 0 saturated carbocycles. The molecule has 0 bridgehead atoms. The van der Waals surface area contributed by atoms with Gasteiger partial charge in [0.25, 0.3) is 15.9 Å². The minimum absolute atomic E-state index is 0.00309. The number of nitrogens with zero attached hydrogens (tertiary/aromatic N) is 11. The van der Waals surface area contributed by atoms with E-state index in [1.807, 2.05) is 12.1 Å². The van der Waals surface area contributed by atoms with Gasteiger partial charge in [0.1, 0.15) is 17.3 Å². The molecule has 2 aliphatic rings. The van der Waals surface area contributed by atoms with Crippen molar-refractivity contribution in [2.45, 2.75) is 76.5 Å². The number of ether oxygens (including phenoxy) is 1. The molecule has 10 rings (SSSR count). The normalized spacial score (nSPS) is 17.7. The summed E-state index contributed by atoms with van der Waals surface area (Å²) >= 11 is 0. The molecule has 0 N–H and O–H groups in total. The molecule has 5 aromatic heterocycles. The molecule has 1 amide bonds. The number of hydrogen-bond acceptors (Lipinski definition) is 9. The minimum Gasteiger partial charge on any atom is -0.376 e. The standard InChI is InChI=1S/C45H45F2N11O5S/c1-25-18-31(19-26(2)40(25)46)57-42(56-16-15-55(44(56)60)36-11-10-35-32(41(36)47)23-48-53(35)7)39-27(3)54(14-12-33(39)50-57)43(59)37-21-30-20-28(29-13-17-63-45(4,5)22-29)8-9-34(30)58(37)64(61,62)38-24-52(6)51-49-38/h8-11,15-16,18-21,23-24,27,29H,12-14,17,22H2,1-7H3/t27-,29-/m0/s1. The van der Waals surface area contributed by atoms with Crippen molar-refractivity contribution in [1.29, 1.82) is 0 Å². The summed E-state index contributed by atoms with van der Waals surface area (Å²) in [5.74, 6) is -1.18. The third-order valence-corrected chi connectivity index (χ3v) is 14.3. The second-order valence-electron chi connectivity index (χ2n) is 17.5. The maximum Gasteiger partial charge on any atom is 0.338 e. The van der Waals surface area contributed by atoms with E-state index in [-0.39, 0.29) is 57.9 Å². The van der Waals surface area contributed by atoms with E-state index in [0.29, 0.717) is 51.1 Å². The van der Waals surface area contributed by atoms with Crippen LogP contribution in [0.4, 0.5) is 8.78 Å². The van der Waals surface area contributed by atoms with Gasteiger partial charge in [-0.1, -0.05) is 11.3 Å². The Morgan fingerprint density at radius 2 is 1.69 bits per heavy atom. The quantitative estimate of drug-likeness (QED) is 0.178. The summed E-state index contributed by atoms with van der Waals surface area (Å²) in [5, 5.41) is 17.4. The van der Waals surface area contributed by atoms with Crippen LogP contribution >= 0.6 is 0 Å². The average molecular weight is 890 g/mol. The van der Waals surface area contributed by atoms with E-state index in [0.717, 1.165) is 22.4 Å². The predicted molar refractivity (Wildman–Crippen MR) is 233 cm³/mol. The van der Waals surface area contributed by atoms with E-state index in [1.165, 1.54) is 49.4 Å². The molecule has 19 heteroatoms. The van der Waals surface area contributed by atoms with Crippen LogP contribution in [-0.4, -0.2) is 85.6 Å². The highest BCUT2D eigenvalue weighted by molar-refractivity contribution is 7.90. The Morgan fingerprint density at radius 3 is 2.41 bits per heavy atom. The Labute approximate surface area is 365 Å². The van der Waals surface area contributed by atoms with Gasteiger partial charge >= 0.3 is 5.69 Å². The van der Waals surface area contributed by atoms with Gasteiger partial charge in [0.15, 0.2) is 5.82 Å². The lowest BCUT2D eigenvalue weighted by molar-refractivity contribution is -0.0592. The highest BCUT2D eigenvalue weighted by Crippen LogP contribution is 2.40. The highest BCUT2D eigenvalue weighted by Gasteiger charge is 2.39. The molecular weight excluding hydrogens is 845 g/mol. The molecule has 0 unspecified atom stereocenters. The molecule has 0 radical (unpaired) electrons. The Morgan fingerprint density at radius 1 is 0.953 bits per heavy atom. The number of imidazole rings is 1. The van der Waals surface area contributed by atoms with Gasteiger partial charge in [0.2, 0.25) is 5.03 Å². The lowest BCUT2D eigenvalue weighted by Gasteiger charge is -2.35. The summed E-state index contributed by atoms with van der Waals surface area (Å²) in [6.45, 7) is 9.90. The van der Waals surface area contributed by atoms with Gasteiger partial charge in [0.05, 0.1) is 57.5 Å². The van der Waals surface area contributed by atoms with Crippen molar-refractivity contribution in [3.8, 4) is 17.2 Å². The largest absolute Gasteiger partial charge is 0.376 e. The van der Waals surface area contributed by atoms with Crippen molar-refractivity contribution in [3.63, 3.8) is 0 Å². The highest BCUT2D eigenvalue weighted by atomic mass is 32.2. The van der Waals surface area contributed by atoms with E-state index < -0.39 is 33.5 Å². The zero-order valence-electron chi connectivity index (χ0n) is 36.2. The van der Waals surface area contributed by atoms with Crippen LogP contribution in [0.3, 0.4) is 0 Å². The molecule has 0 aliphatic carbocycles. The third kappa shape index (κ3) is 6.42. The van der Waals surface area contributed by atoms with Gasteiger partial charge in [0, 0.05) is 57.0 Å². The fraction of sp³-hybridized carbons (Fsp3) is 0.333. The smallest absolute Gasteiger partial charge is 0.338 e. The van der Waals surface area contributed by atoms with Crippen molar-refractivity contribution in [2.24, 2.45) is 14.1 Å². The third-order valence-electron chi connectivity index (χ3n) is 12.7. The van der Waals surface area contributed by atoms with Crippen LogP contribution in [0.25, 0.3) is 39.0 Å². The predicted octanol–water partition coefficient (Wildman–Crippen LogP) is 6.35. The number of aryl methyl sites for hydroxylation is 4. The van der Waals surface area contributed by atoms with Gasteiger partial charge in [-0.3, -0.25) is 23.3 Å². The van der Waals surface area contributed by atoms with Crippen molar-refractivity contribution < 1.29 is 26.7 Å². The SMILES string of the molecule is Cc1cc(-n2nc3c(c2-n2ccn(-c4ccc5c(cnn5C)c4F)c2=O)[C@H](C)N(C(=O)c2cc4cc([C@H]5CCOC(C)(C)C5)ccc4n2S(=O)(=O)c2cn(C)nn2)CC3)cc(C)c1F. The number of carbonyl (C=O) groups excluding carboxylic acids is 1. The van der Waals surface area contributed by atoms with Crippen LogP contribution in [0.5, 0.6) is 0 Å². The molecule has 3 aromatic carbocycles. The summed E-state index contributed by atoms with van der Waals surface area (Å²) in [6.07, 6.45) is 7.43. The van der Waals surface area contributed by atoms with E-state index in [4.69, 9.17) is 9.84 Å². The Kier molecular flexibility index (Phi) is 9.46. The summed E-state index contributed by atoms with van der Waals surface area (Å²) < 4.78 is 74.2. The Bertz CT molecular complexity index is 3380. The van der Waals surface area contributed by atoms with Crippen molar-refractivity contribution in [2.75, 3.05) is 13.2 Å². The van der Waals surface area contributed by atoms with Crippen LogP contribution in [0.2, 0.25) is 0 Å². The number of hydrogen-bond donors (Lipinski definition) is 0. The van der Waals surface area contributed by atoms with Crippen molar-refractivity contribution in [3.05, 3.63) is 129 Å². The Hall–Kier alpha value is -6.73. The van der Waals surface area contributed by atoms with Crippen LogP contribution in [0, 0.1) is 25.5 Å². The van der Waals surface area contributed by atoms with E-state index in [2.05, 4.69) is 29.3 Å². The van der Waals surface area contributed by atoms with Gasteiger partial charge < -0.3 is 9.64 Å². The van der Waals surface area contributed by atoms with Crippen molar-refractivity contribution >= 4 is 37.7 Å². The first-order valence-electron chi connectivity index (χ1n) is 21.0. The number of aromatic nitrogens is 10. The van der Waals surface area contributed by atoms with E-state index >= 15 is 13.6 Å². The lowest BCUT2D eigenvalue weighted by atomic mass is 9.83. The van der Waals surface area contributed by atoms with Gasteiger partial charge in [-0.05, 0) is 113 Å². The number of amides is 1. The molecule has 16 nitrogen and oxygen atoms in total. The first-order valence-corrected chi connectivity index (χ1v) is 22.4. The Balaban J connectivity index is 1.12. The summed E-state index contributed by atoms with van der Waals surface area (Å²) in [5.41, 5.74) is 3.06. The number of carbonyl (C=O) groups is 1. The molecule has 2 aliphatic heterocycles. The number of benzene rings is 3. The molecule has 0 spiro atoms. The molecule has 8 aromatic rings. The summed E-state index contributed by atoms with van der Waals surface area (Å²) in [4.78, 5) is 31.4. The molecule has 1 fully saturated rings. The van der Waals surface area contributed by atoms with Gasteiger partial charge in [-0.25, -0.2) is 22.2 Å². The first kappa shape index (κ1) is 41.3. The maximum absolute atomic E-state index is 16.1. The second kappa shape index (κ2) is 14.7. The molecule has 64 heavy (non-hydrogen) atoms. The number of halogens is 2. The molecule has 330 valence electrons.